The lowest BCUT2D eigenvalue weighted by atomic mass is 9.82. The monoisotopic (exact) mass is 224 g/mol. The fraction of sp³-hybridized carbons (Fsp3) is 0.583. The van der Waals surface area contributed by atoms with Crippen LogP contribution in [0.5, 0.6) is 0 Å². The molecule has 0 amide bonds. The van der Waals surface area contributed by atoms with E-state index >= 15 is 0 Å². The van der Waals surface area contributed by atoms with Gasteiger partial charge in [-0.15, -0.1) is 11.3 Å². The van der Waals surface area contributed by atoms with Crippen LogP contribution in [0.15, 0.2) is 11.4 Å². The lowest BCUT2D eigenvalue weighted by molar-refractivity contribution is -0.143. The Hall–Kier alpha value is -0.830. The second kappa shape index (κ2) is 3.97. The van der Waals surface area contributed by atoms with E-state index in [-0.39, 0.29) is 0 Å². The summed E-state index contributed by atoms with van der Waals surface area (Å²) in [5.41, 5.74) is 0.670. The van der Waals surface area contributed by atoms with Crippen molar-refractivity contribution in [1.82, 2.24) is 0 Å². The van der Waals surface area contributed by atoms with Crippen molar-refractivity contribution < 1.29 is 9.90 Å². The zero-order valence-electron chi connectivity index (χ0n) is 8.95. The zero-order chi connectivity index (χ0) is 10.9. The number of carboxylic acid groups (broad SMARTS) is 1. The summed E-state index contributed by atoms with van der Waals surface area (Å²) in [7, 11) is 0. The van der Waals surface area contributed by atoms with Gasteiger partial charge in [-0.2, -0.15) is 0 Å². The molecule has 3 heteroatoms. The molecule has 1 fully saturated rings. The van der Waals surface area contributed by atoms with E-state index in [2.05, 4.69) is 13.0 Å². The number of rotatable bonds is 3. The molecular formula is C12H16O2S. The predicted octanol–water partition coefficient (Wildman–Crippen LogP) is 3.21. The second-order valence-corrected chi connectivity index (χ2v) is 5.14. The third kappa shape index (κ3) is 1.59. The smallest absolute Gasteiger partial charge is 0.314 e. The lowest BCUT2D eigenvalue weighted by Crippen LogP contribution is -2.32. The Kier molecular flexibility index (Phi) is 2.83. The van der Waals surface area contributed by atoms with Crippen LogP contribution >= 0.6 is 11.3 Å². The van der Waals surface area contributed by atoms with Crippen molar-refractivity contribution in [2.75, 3.05) is 0 Å². The average molecular weight is 224 g/mol. The van der Waals surface area contributed by atoms with Crippen molar-refractivity contribution in [2.45, 2.75) is 44.4 Å². The molecule has 0 aliphatic heterocycles. The van der Waals surface area contributed by atoms with Gasteiger partial charge in [0.15, 0.2) is 0 Å². The minimum Gasteiger partial charge on any atom is -0.481 e. The highest BCUT2D eigenvalue weighted by molar-refractivity contribution is 7.10. The van der Waals surface area contributed by atoms with Gasteiger partial charge in [0.05, 0.1) is 0 Å². The Labute approximate surface area is 93.9 Å². The molecule has 0 aromatic carbocycles. The molecule has 1 aromatic rings. The van der Waals surface area contributed by atoms with Gasteiger partial charge in [-0.25, -0.2) is 0 Å². The van der Waals surface area contributed by atoms with E-state index in [9.17, 15) is 9.90 Å². The van der Waals surface area contributed by atoms with Crippen LogP contribution in [0.25, 0.3) is 0 Å². The number of aryl methyl sites for hydroxylation is 1. The van der Waals surface area contributed by atoms with E-state index in [0.29, 0.717) is 0 Å². The van der Waals surface area contributed by atoms with E-state index in [1.54, 1.807) is 11.3 Å². The second-order valence-electron chi connectivity index (χ2n) is 4.22. The number of carboxylic acids is 1. The Morgan fingerprint density at radius 3 is 2.73 bits per heavy atom. The molecule has 0 atom stereocenters. The van der Waals surface area contributed by atoms with E-state index in [1.807, 2.05) is 5.38 Å². The van der Waals surface area contributed by atoms with Gasteiger partial charge in [-0.05, 0) is 36.3 Å². The van der Waals surface area contributed by atoms with Crippen LogP contribution in [0.4, 0.5) is 0 Å². The molecule has 1 saturated carbocycles. The highest BCUT2D eigenvalue weighted by atomic mass is 32.1. The third-order valence-corrected chi connectivity index (χ3v) is 4.59. The molecule has 1 N–H and O–H groups in total. The molecule has 1 heterocycles. The van der Waals surface area contributed by atoms with E-state index in [0.717, 1.165) is 37.0 Å². The molecule has 2 rings (SSSR count). The summed E-state index contributed by atoms with van der Waals surface area (Å²) >= 11 is 1.62. The largest absolute Gasteiger partial charge is 0.481 e. The fourth-order valence-corrected chi connectivity index (χ4v) is 3.80. The van der Waals surface area contributed by atoms with Gasteiger partial charge in [-0.1, -0.05) is 19.8 Å². The maximum atomic E-state index is 11.5. The number of thiophene rings is 1. The molecule has 82 valence electrons. The maximum Gasteiger partial charge on any atom is 0.314 e. The molecule has 0 saturated heterocycles. The van der Waals surface area contributed by atoms with Crippen LogP contribution in [0.3, 0.4) is 0 Å². The molecule has 1 aromatic heterocycles. The molecular weight excluding hydrogens is 208 g/mol. The minimum absolute atomic E-state index is 0.556. The van der Waals surface area contributed by atoms with Crippen LogP contribution in [0, 0.1) is 0 Å². The van der Waals surface area contributed by atoms with Crippen molar-refractivity contribution in [3.8, 4) is 0 Å². The van der Waals surface area contributed by atoms with Crippen LogP contribution in [0.1, 0.15) is 43.0 Å². The van der Waals surface area contributed by atoms with Crippen LogP contribution < -0.4 is 0 Å². The highest BCUT2D eigenvalue weighted by Crippen LogP contribution is 2.45. The molecule has 2 nitrogen and oxygen atoms in total. The van der Waals surface area contributed by atoms with Crippen molar-refractivity contribution in [3.63, 3.8) is 0 Å². The first-order valence-electron chi connectivity index (χ1n) is 5.51. The molecule has 0 spiro atoms. The van der Waals surface area contributed by atoms with Crippen molar-refractivity contribution >= 4 is 17.3 Å². The van der Waals surface area contributed by atoms with Crippen molar-refractivity contribution in [1.29, 1.82) is 0 Å². The normalized spacial score (nSPS) is 19.3. The first-order valence-corrected chi connectivity index (χ1v) is 6.39. The summed E-state index contributed by atoms with van der Waals surface area (Å²) in [4.78, 5) is 12.6. The van der Waals surface area contributed by atoms with Gasteiger partial charge in [-0.3, -0.25) is 4.79 Å². The summed E-state index contributed by atoms with van der Waals surface area (Å²) in [5.74, 6) is -0.628. The summed E-state index contributed by atoms with van der Waals surface area (Å²) in [6.07, 6.45) is 4.67. The number of aliphatic carboxylic acids is 1. The third-order valence-electron chi connectivity index (χ3n) is 3.43. The SMILES string of the molecule is CCc1ccsc1C1(C(=O)O)CCCC1. The Balaban J connectivity index is 2.45. The first kappa shape index (κ1) is 10.7. The van der Waals surface area contributed by atoms with Crippen LogP contribution in [-0.4, -0.2) is 11.1 Å². The maximum absolute atomic E-state index is 11.5. The van der Waals surface area contributed by atoms with Crippen molar-refractivity contribution in [2.24, 2.45) is 0 Å². The van der Waals surface area contributed by atoms with Crippen LogP contribution in [0.2, 0.25) is 0 Å². The molecule has 0 unspecified atom stereocenters. The number of carbonyl (C=O) groups is 1. The van der Waals surface area contributed by atoms with Gasteiger partial charge in [0.2, 0.25) is 0 Å². The quantitative estimate of drug-likeness (QED) is 0.856. The lowest BCUT2D eigenvalue weighted by Gasteiger charge is -2.23. The predicted molar refractivity (Wildman–Crippen MR) is 61.5 cm³/mol. The summed E-state index contributed by atoms with van der Waals surface area (Å²) in [6, 6.07) is 2.07. The summed E-state index contributed by atoms with van der Waals surface area (Å²) in [5, 5.41) is 11.5. The molecule has 0 radical (unpaired) electrons. The number of hydrogen-bond donors (Lipinski definition) is 1. The number of hydrogen-bond acceptors (Lipinski definition) is 2. The van der Waals surface area contributed by atoms with Gasteiger partial charge in [0, 0.05) is 4.88 Å². The fourth-order valence-electron chi connectivity index (χ4n) is 2.55. The van der Waals surface area contributed by atoms with Gasteiger partial charge in [0.25, 0.3) is 0 Å². The average Bonchev–Trinajstić information content (AvgIpc) is 2.86. The standard InChI is InChI=1S/C12H16O2S/c1-2-9-5-8-15-10(9)12(11(13)14)6-3-4-7-12/h5,8H,2-4,6-7H2,1H3,(H,13,14). The summed E-state index contributed by atoms with van der Waals surface area (Å²) in [6.45, 7) is 2.09. The Morgan fingerprint density at radius 2 is 2.20 bits per heavy atom. The van der Waals surface area contributed by atoms with Gasteiger partial charge >= 0.3 is 5.97 Å². The Morgan fingerprint density at radius 1 is 1.53 bits per heavy atom. The van der Waals surface area contributed by atoms with E-state index in [4.69, 9.17) is 0 Å². The van der Waals surface area contributed by atoms with E-state index < -0.39 is 11.4 Å². The highest BCUT2D eigenvalue weighted by Gasteiger charge is 2.44. The minimum atomic E-state index is -0.628. The summed E-state index contributed by atoms with van der Waals surface area (Å²) < 4.78 is 0. The Bertz CT molecular complexity index is 361. The molecule has 0 bridgehead atoms. The molecule has 15 heavy (non-hydrogen) atoms. The topological polar surface area (TPSA) is 37.3 Å². The molecule has 1 aliphatic rings. The van der Waals surface area contributed by atoms with E-state index in [1.165, 1.54) is 5.56 Å². The zero-order valence-corrected chi connectivity index (χ0v) is 9.77. The van der Waals surface area contributed by atoms with Gasteiger partial charge < -0.3 is 5.11 Å². The van der Waals surface area contributed by atoms with Crippen LogP contribution in [-0.2, 0) is 16.6 Å². The molecule has 1 aliphatic carbocycles. The van der Waals surface area contributed by atoms with Gasteiger partial charge in [0.1, 0.15) is 5.41 Å². The van der Waals surface area contributed by atoms with Crippen molar-refractivity contribution in [3.05, 3.63) is 21.9 Å². The first-order chi connectivity index (χ1) is 7.20.